The molecule has 2 fully saturated rings. The highest BCUT2D eigenvalue weighted by Gasteiger charge is 2.37. The average molecular weight is 584 g/mol. The van der Waals surface area contributed by atoms with E-state index in [1.165, 1.54) is 37.5 Å². The van der Waals surface area contributed by atoms with Crippen LogP contribution in [0.3, 0.4) is 0 Å². The van der Waals surface area contributed by atoms with Gasteiger partial charge < -0.3 is 15.0 Å². The van der Waals surface area contributed by atoms with Crippen molar-refractivity contribution in [3.05, 3.63) is 52.4 Å². The first-order valence-electron chi connectivity index (χ1n) is 14.8. The number of aromatic nitrogens is 1. The first-order valence-corrected chi connectivity index (χ1v) is 15.2. The molecule has 0 spiro atoms. The lowest BCUT2D eigenvalue weighted by atomic mass is 9.84. The molecule has 0 unspecified atom stereocenters. The van der Waals surface area contributed by atoms with Gasteiger partial charge in [0.25, 0.3) is 5.91 Å². The number of pyridine rings is 1. The van der Waals surface area contributed by atoms with Gasteiger partial charge in [-0.05, 0) is 83.7 Å². The van der Waals surface area contributed by atoms with Gasteiger partial charge in [0, 0.05) is 54.4 Å². The average Bonchev–Trinajstić information content (AvgIpc) is 3.31. The van der Waals surface area contributed by atoms with Crippen LogP contribution in [0.15, 0.2) is 35.5 Å². The Kier molecular flexibility index (Phi) is 9.55. The Morgan fingerprint density at radius 1 is 1.15 bits per heavy atom. The SMILES string of the molecule is CC(C)NC(=O)C1CCC(N2C(=NC(=O)c3ccc(F)c(Cl)c3)Cc3cnc(OCCN4CCCCC4)cc32)CC1. The zero-order chi connectivity index (χ0) is 28.9. The Morgan fingerprint density at radius 3 is 2.61 bits per heavy atom. The lowest BCUT2D eigenvalue weighted by molar-refractivity contribution is -0.126. The molecule has 2 amide bonds. The van der Waals surface area contributed by atoms with Gasteiger partial charge in [-0.1, -0.05) is 18.0 Å². The molecule has 3 heterocycles. The van der Waals surface area contributed by atoms with Crippen LogP contribution in [-0.4, -0.2) is 65.9 Å². The minimum Gasteiger partial charge on any atom is -0.476 e. The number of amides is 2. The predicted octanol–water partition coefficient (Wildman–Crippen LogP) is 5.42. The van der Waals surface area contributed by atoms with Gasteiger partial charge in [0.15, 0.2) is 0 Å². The fraction of sp³-hybridized carbons (Fsp3) is 0.548. The van der Waals surface area contributed by atoms with E-state index in [9.17, 15) is 14.0 Å². The summed E-state index contributed by atoms with van der Waals surface area (Å²) in [6.45, 7) is 7.59. The Labute approximate surface area is 246 Å². The highest BCUT2D eigenvalue weighted by Crippen LogP contribution is 2.38. The highest BCUT2D eigenvalue weighted by molar-refractivity contribution is 6.31. The fourth-order valence-corrected chi connectivity index (χ4v) is 6.24. The largest absolute Gasteiger partial charge is 0.476 e. The third-order valence-corrected chi connectivity index (χ3v) is 8.48. The summed E-state index contributed by atoms with van der Waals surface area (Å²) in [5.41, 5.74) is 2.14. The zero-order valence-electron chi connectivity index (χ0n) is 23.9. The summed E-state index contributed by atoms with van der Waals surface area (Å²) in [6, 6.07) is 6.02. The smallest absolute Gasteiger partial charge is 0.278 e. The molecule has 1 N–H and O–H groups in total. The number of fused-ring (bicyclic) bond motifs is 1. The number of piperidine rings is 1. The number of ether oxygens (including phenoxy) is 1. The maximum Gasteiger partial charge on any atom is 0.278 e. The quantitative estimate of drug-likeness (QED) is 0.446. The highest BCUT2D eigenvalue weighted by atomic mass is 35.5. The molecule has 5 rings (SSSR count). The maximum absolute atomic E-state index is 13.7. The van der Waals surface area contributed by atoms with Crippen molar-refractivity contribution in [3.8, 4) is 5.88 Å². The number of aliphatic imine (C=N–C) groups is 1. The summed E-state index contributed by atoms with van der Waals surface area (Å²) in [6.07, 6.45) is 9.12. The van der Waals surface area contributed by atoms with Crippen molar-refractivity contribution in [2.45, 2.75) is 77.3 Å². The van der Waals surface area contributed by atoms with Gasteiger partial charge in [-0.3, -0.25) is 14.5 Å². The van der Waals surface area contributed by atoms with Crippen molar-refractivity contribution in [1.29, 1.82) is 0 Å². The molecule has 0 bridgehead atoms. The molecule has 0 atom stereocenters. The second-order valence-electron chi connectivity index (χ2n) is 11.6. The van der Waals surface area contributed by atoms with Crippen LogP contribution in [0.25, 0.3) is 0 Å². The molecule has 8 nitrogen and oxygen atoms in total. The zero-order valence-corrected chi connectivity index (χ0v) is 24.6. The molecule has 10 heteroatoms. The molecule has 41 heavy (non-hydrogen) atoms. The van der Waals surface area contributed by atoms with Crippen molar-refractivity contribution in [3.63, 3.8) is 0 Å². The van der Waals surface area contributed by atoms with E-state index in [2.05, 4.69) is 25.1 Å². The standard InChI is InChI=1S/C31H39ClFN5O3/c1-20(2)35-30(39)21-6-9-24(10-7-21)38-27-18-29(41-15-14-37-12-4-3-5-13-37)34-19-23(27)17-28(38)36-31(40)22-8-11-26(33)25(32)16-22/h8,11,16,18-21,24H,3-7,9-10,12-15,17H2,1-2H3,(H,35,39). The topological polar surface area (TPSA) is 87.1 Å². The van der Waals surface area contributed by atoms with E-state index >= 15 is 0 Å². The molecule has 1 saturated heterocycles. The van der Waals surface area contributed by atoms with E-state index in [4.69, 9.17) is 16.3 Å². The minimum absolute atomic E-state index is 0.0229. The number of carbonyl (C=O) groups excluding carboxylic acids is 2. The van der Waals surface area contributed by atoms with Gasteiger partial charge in [-0.2, -0.15) is 4.99 Å². The summed E-state index contributed by atoms with van der Waals surface area (Å²) in [7, 11) is 0. The number of nitrogens with one attached hydrogen (secondary N) is 1. The number of hydrogen-bond acceptors (Lipinski definition) is 5. The summed E-state index contributed by atoms with van der Waals surface area (Å²) in [5.74, 6) is 0.191. The van der Waals surface area contributed by atoms with E-state index in [1.807, 2.05) is 26.1 Å². The van der Waals surface area contributed by atoms with Crippen LogP contribution < -0.4 is 15.0 Å². The Hall–Kier alpha value is -3.04. The van der Waals surface area contributed by atoms with E-state index in [-0.39, 0.29) is 34.5 Å². The molecule has 220 valence electrons. The first kappa shape index (κ1) is 29.5. The number of hydrogen-bond donors (Lipinski definition) is 1. The molecular weight excluding hydrogens is 545 g/mol. The van der Waals surface area contributed by atoms with E-state index in [1.54, 1.807) is 0 Å². The monoisotopic (exact) mass is 583 g/mol. The number of rotatable bonds is 8. The van der Waals surface area contributed by atoms with Crippen molar-refractivity contribution in [2.24, 2.45) is 10.9 Å². The second-order valence-corrected chi connectivity index (χ2v) is 12.0. The van der Waals surface area contributed by atoms with E-state index < -0.39 is 11.7 Å². The maximum atomic E-state index is 13.7. The molecule has 1 saturated carbocycles. The first-order chi connectivity index (χ1) is 19.8. The number of anilines is 1. The summed E-state index contributed by atoms with van der Waals surface area (Å²) in [4.78, 5) is 39.4. The van der Waals surface area contributed by atoms with Gasteiger partial charge in [0.2, 0.25) is 11.8 Å². The molecular formula is C31H39ClFN5O3. The molecule has 2 aromatic rings. The van der Waals surface area contributed by atoms with Crippen LogP contribution in [0.1, 0.15) is 74.7 Å². The number of halogens is 2. The molecule has 0 radical (unpaired) electrons. The Balaban J connectivity index is 1.35. The van der Waals surface area contributed by atoms with E-state index in [0.29, 0.717) is 24.7 Å². The lowest BCUT2D eigenvalue weighted by Gasteiger charge is -2.36. The fourth-order valence-electron chi connectivity index (χ4n) is 6.06. The van der Waals surface area contributed by atoms with Gasteiger partial charge in [-0.25, -0.2) is 9.37 Å². The molecule has 1 aromatic carbocycles. The minimum atomic E-state index is -0.581. The van der Waals surface area contributed by atoms with E-state index in [0.717, 1.165) is 56.6 Å². The van der Waals surface area contributed by atoms with Crippen LogP contribution >= 0.6 is 11.6 Å². The third-order valence-electron chi connectivity index (χ3n) is 8.19. The third kappa shape index (κ3) is 7.25. The summed E-state index contributed by atoms with van der Waals surface area (Å²) < 4.78 is 19.8. The molecule has 1 aromatic heterocycles. The predicted molar refractivity (Wildman–Crippen MR) is 158 cm³/mol. The Morgan fingerprint density at radius 2 is 1.90 bits per heavy atom. The van der Waals surface area contributed by atoms with Crippen molar-refractivity contribution in [2.75, 3.05) is 31.1 Å². The second kappa shape index (κ2) is 13.3. The molecule has 2 aliphatic heterocycles. The number of nitrogens with zero attached hydrogens (tertiary/aromatic N) is 4. The van der Waals surface area contributed by atoms with Gasteiger partial charge in [0.05, 0.1) is 10.7 Å². The molecule has 1 aliphatic carbocycles. The van der Waals surface area contributed by atoms with Gasteiger partial charge in [0.1, 0.15) is 18.3 Å². The number of amidine groups is 1. The van der Waals surface area contributed by atoms with Crippen LogP contribution in [-0.2, 0) is 11.2 Å². The number of benzene rings is 1. The number of likely N-dealkylation sites (tertiary alicyclic amines) is 1. The van der Waals surface area contributed by atoms with Crippen molar-refractivity contribution < 1.29 is 18.7 Å². The molecule has 3 aliphatic rings. The van der Waals surface area contributed by atoms with Crippen molar-refractivity contribution >= 4 is 34.9 Å². The van der Waals surface area contributed by atoms with Gasteiger partial charge >= 0.3 is 0 Å². The summed E-state index contributed by atoms with van der Waals surface area (Å²) in [5, 5.41) is 2.92. The van der Waals surface area contributed by atoms with Crippen LogP contribution in [0, 0.1) is 11.7 Å². The van der Waals surface area contributed by atoms with Crippen LogP contribution in [0.4, 0.5) is 10.1 Å². The van der Waals surface area contributed by atoms with Crippen LogP contribution in [0.2, 0.25) is 5.02 Å². The van der Waals surface area contributed by atoms with Crippen molar-refractivity contribution in [1.82, 2.24) is 15.2 Å². The normalized spacial score (nSPS) is 22.2. The lowest BCUT2D eigenvalue weighted by Crippen LogP contribution is -2.44. The van der Waals surface area contributed by atoms with Gasteiger partial charge in [-0.15, -0.1) is 0 Å². The van der Waals surface area contributed by atoms with Crippen LogP contribution in [0.5, 0.6) is 5.88 Å². The number of carbonyl (C=O) groups is 2. The Bertz CT molecular complexity index is 1290. The summed E-state index contributed by atoms with van der Waals surface area (Å²) >= 11 is 5.93.